The van der Waals surface area contributed by atoms with Gasteiger partial charge < -0.3 is 24.7 Å². The molecule has 8 heteroatoms. The van der Waals surface area contributed by atoms with Gasteiger partial charge in [-0.3, -0.25) is 0 Å². The molecule has 0 amide bonds. The van der Waals surface area contributed by atoms with Crippen molar-refractivity contribution in [3.63, 3.8) is 0 Å². The number of nitrogens with zero attached hydrogens (tertiary/aromatic N) is 2. The van der Waals surface area contributed by atoms with Crippen LogP contribution in [-0.2, 0) is 14.8 Å². The zero-order valence-electron chi connectivity index (χ0n) is 15.6. The number of anilines is 3. The number of hydrogen-bond acceptors (Lipinski definition) is 8. The zero-order valence-corrected chi connectivity index (χ0v) is 16.5. The first-order chi connectivity index (χ1) is 13.5. The Morgan fingerprint density at radius 2 is 1.82 bits per heavy atom. The SMILES string of the molecule is Cc1ccc(-c2cnc(Nc3ccc([S-](=N)=O)cc3)nc2N[C@H](C)CO)cc1. The minimum atomic E-state index is -1.76. The third-order valence-electron chi connectivity index (χ3n) is 4.13. The number of aryl methyl sites for hydroxylation is 1. The number of rotatable bonds is 7. The van der Waals surface area contributed by atoms with Gasteiger partial charge in [0.05, 0.1) is 6.61 Å². The molecule has 0 bridgehead atoms. The molecule has 0 unspecified atom stereocenters. The second-order valence-electron chi connectivity index (χ2n) is 6.47. The Balaban J connectivity index is 1.92. The molecule has 3 rings (SSSR count). The molecule has 0 saturated carbocycles. The van der Waals surface area contributed by atoms with E-state index in [9.17, 15) is 9.32 Å². The molecule has 3 aromatic rings. The smallest absolute Gasteiger partial charge is 0.229 e. The van der Waals surface area contributed by atoms with Crippen LogP contribution in [0.4, 0.5) is 17.5 Å². The molecule has 1 heterocycles. The third-order valence-corrected chi connectivity index (χ3v) is 4.83. The van der Waals surface area contributed by atoms with Crippen molar-refractivity contribution in [2.24, 2.45) is 0 Å². The van der Waals surface area contributed by atoms with Crippen LogP contribution >= 0.6 is 0 Å². The van der Waals surface area contributed by atoms with Crippen LogP contribution in [0.15, 0.2) is 59.6 Å². The molecule has 0 spiro atoms. The number of hydrogen-bond donors (Lipinski definition) is 4. The second-order valence-corrected chi connectivity index (χ2v) is 7.48. The standard InChI is InChI=1S/C20H22N5O2S/c1-13-3-5-15(6-4-13)18-11-22-20(25-19(18)23-14(2)12-26)24-16-7-9-17(10-8-16)28(21)27/h3-11,14,21,26H,12H2,1-2H3,(H2,22,23,24,25)/q-1/t14-/m1/s1. The summed E-state index contributed by atoms with van der Waals surface area (Å²) in [6.45, 7) is 3.88. The summed E-state index contributed by atoms with van der Waals surface area (Å²) in [5.41, 5.74) is 3.70. The summed E-state index contributed by atoms with van der Waals surface area (Å²) in [7, 11) is -1.76. The highest BCUT2D eigenvalue weighted by molar-refractivity contribution is 7.73. The van der Waals surface area contributed by atoms with Gasteiger partial charge in [0.15, 0.2) is 0 Å². The predicted octanol–water partition coefficient (Wildman–Crippen LogP) is 4.07. The van der Waals surface area contributed by atoms with E-state index < -0.39 is 10.6 Å². The number of nitrogens with one attached hydrogen (secondary N) is 3. The van der Waals surface area contributed by atoms with E-state index in [1.807, 2.05) is 38.1 Å². The first-order valence-electron chi connectivity index (χ1n) is 8.78. The minimum absolute atomic E-state index is 0.0220. The van der Waals surface area contributed by atoms with Crippen molar-refractivity contribution in [1.82, 2.24) is 9.97 Å². The summed E-state index contributed by atoms with van der Waals surface area (Å²) >= 11 is 0. The van der Waals surface area contributed by atoms with E-state index in [4.69, 9.17) is 4.78 Å². The van der Waals surface area contributed by atoms with Gasteiger partial charge in [0.1, 0.15) is 5.82 Å². The fraction of sp³-hybridized carbons (Fsp3) is 0.200. The summed E-state index contributed by atoms with van der Waals surface area (Å²) < 4.78 is 18.4. The van der Waals surface area contributed by atoms with Crippen molar-refractivity contribution in [2.45, 2.75) is 24.8 Å². The maximum absolute atomic E-state index is 11.2. The molecule has 7 nitrogen and oxygen atoms in total. The van der Waals surface area contributed by atoms with Gasteiger partial charge >= 0.3 is 0 Å². The monoisotopic (exact) mass is 396 g/mol. The highest BCUT2D eigenvalue weighted by atomic mass is 32.2. The lowest BCUT2D eigenvalue weighted by Gasteiger charge is -2.17. The molecule has 0 aliphatic rings. The van der Waals surface area contributed by atoms with Crippen molar-refractivity contribution < 1.29 is 9.32 Å². The Morgan fingerprint density at radius 3 is 2.43 bits per heavy atom. The molecule has 1 atom stereocenters. The highest BCUT2D eigenvalue weighted by Crippen LogP contribution is 2.28. The molecule has 0 aliphatic carbocycles. The Labute approximate surface area is 165 Å². The number of aliphatic hydroxyl groups excluding tert-OH is 1. The maximum atomic E-state index is 11.2. The van der Waals surface area contributed by atoms with Crippen LogP contribution in [0.1, 0.15) is 12.5 Å². The normalized spacial score (nSPS) is 12.0. The van der Waals surface area contributed by atoms with Crippen molar-refractivity contribution in [3.05, 3.63) is 60.3 Å². The molecular weight excluding hydrogens is 374 g/mol. The van der Waals surface area contributed by atoms with E-state index >= 15 is 0 Å². The zero-order chi connectivity index (χ0) is 20.1. The van der Waals surface area contributed by atoms with E-state index in [1.165, 1.54) is 5.56 Å². The molecule has 2 aromatic carbocycles. The second kappa shape index (κ2) is 8.81. The lowest BCUT2D eigenvalue weighted by Crippen LogP contribution is -2.21. The quantitative estimate of drug-likeness (QED) is 0.448. The van der Waals surface area contributed by atoms with Crippen molar-refractivity contribution in [1.29, 1.82) is 4.78 Å². The summed E-state index contributed by atoms with van der Waals surface area (Å²) in [5, 5.41) is 15.7. The van der Waals surface area contributed by atoms with E-state index in [1.54, 1.807) is 30.5 Å². The average molecular weight is 396 g/mol. The van der Waals surface area contributed by atoms with Crippen LogP contribution in [0.5, 0.6) is 0 Å². The Kier molecular flexibility index (Phi) is 6.23. The molecular formula is C20H22N5O2S-. The highest BCUT2D eigenvalue weighted by Gasteiger charge is 2.12. The van der Waals surface area contributed by atoms with Gasteiger partial charge in [-0.25, -0.2) is 4.98 Å². The largest absolute Gasteiger partial charge is 0.440 e. The predicted molar refractivity (Wildman–Crippen MR) is 111 cm³/mol. The molecule has 146 valence electrons. The van der Waals surface area contributed by atoms with Gasteiger partial charge in [-0.1, -0.05) is 46.9 Å². The van der Waals surface area contributed by atoms with Crippen LogP contribution in [0.2, 0.25) is 0 Å². The summed E-state index contributed by atoms with van der Waals surface area (Å²) in [6.07, 6.45) is 1.74. The van der Waals surface area contributed by atoms with Gasteiger partial charge in [-0.15, -0.1) is 0 Å². The van der Waals surface area contributed by atoms with Gasteiger partial charge in [0.25, 0.3) is 0 Å². The van der Waals surface area contributed by atoms with Crippen LogP contribution in [0, 0.1) is 11.7 Å². The molecule has 0 aliphatic heterocycles. The first kappa shape index (κ1) is 19.8. The lowest BCUT2D eigenvalue weighted by atomic mass is 10.1. The number of aromatic nitrogens is 2. The summed E-state index contributed by atoms with van der Waals surface area (Å²) in [5.74, 6) is 1.01. The fourth-order valence-electron chi connectivity index (χ4n) is 2.57. The molecule has 28 heavy (non-hydrogen) atoms. The Hall–Kier alpha value is -2.97. The summed E-state index contributed by atoms with van der Waals surface area (Å²) in [6, 6.07) is 14.6. The maximum Gasteiger partial charge on any atom is 0.229 e. The van der Waals surface area contributed by atoms with E-state index in [0.29, 0.717) is 16.7 Å². The third kappa shape index (κ3) is 4.85. The van der Waals surface area contributed by atoms with Crippen LogP contribution < -0.4 is 10.6 Å². The molecule has 0 radical (unpaired) electrons. The first-order valence-corrected chi connectivity index (χ1v) is 9.93. The molecule has 0 saturated heterocycles. The minimum Gasteiger partial charge on any atom is -0.440 e. The topological polar surface area (TPSA) is 111 Å². The van der Waals surface area contributed by atoms with Crippen molar-refractivity contribution in [3.8, 4) is 11.1 Å². The van der Waals surface area contributed by atoms with Gasteiger partial charge in [0, 0.05) is 23.5 Å². The van der Waals surface area contributed by atoms with Crippen LogP contribution in [-0.4, -0.2) is 27.7 Å². The Bertz CT molecular complexity index is 1010. The van der Waals surface area contributed by atoms with Gasteiger partial charge in [-0.2, -0.15) is 15.6 Å². The van der Waals surface area contributed by atoms with Crippen molar-refractivity contribution in [2.75, 3.05) is 17.2 Å². The summed E-state index contributed by atoms with van der Waals surface area (Å²) in [4.78, 5) is 9.40. The molecule has 4 N–H and O–H groups in total. The van der Waals surface area contributed by atoms with Gasteiger partial charge in [-0.05, 0) is 31.5 Å². The average Bonchev–Trinajstić information content (AvgIpc) is 2.69. The Morgan fingerprint density at radius 1 is 1.14 bits per heavy atom. The fourth-order valence-corrected chi connectivity index (χ4v) is 2.95. The van der Waals surface area contributed by atoms with Crippen LogP contribution in [0.25, 0.3) is 11.1 Å². The number of aliphatic hydroxyl groups is 1. The molecule has 1 aromatic heterocycles. The van der Waals surface area contributed by atoms with E-state index in [-0.39, 0.29) is 12.6 Å². The van der Waals surface area contributed by atoms with Crippen molar-refractivity contribution >= 4 is 28.0 Å². The molecule has 0 fully saturated rings. The van der Waals surface area contributed by atoms with E-state index in [2.05, 4.69) is 20.6 Å². The van der Waals surface area contributed by atoms with E-state index in [0.717, 1.165) is 16.8 Å². The number of benzene rings is 2. The van der Waals surface area contributed by atoms with Crippen LogP contribution in [0.3, 0.4) is 0 Å². The van der Waals surface area contributed by atoms with Gasteiger partial charge in [0.2, 0.25) is 5.95 Å². The lowest BCUT2D eigenvalue weighted by molar-refractivity contribution is 0.281.